The monoisotopic (exact) mass is 505 g/mol. The number of aliphatic imine (C=N–C) groups is 1. The molecule has 2 fully saturated rings. The van der Waals surface area contributed by atoms with E-state index in [0.29, 0.717) is 18.9 Å². The van der Waals surface area contributed by atoms with E-state index < -0.39 is 5.60 Å². The fourth-order valence-electron chi connectivity index (χ4n) is 5.42. The predicted molar refractivity (Wildman–Crippen MR) is 145 cm³/mol. The van der Waals surface area contributed by atoms with Crippen LogP contribution in [0.25, 0.3) is 10.6 Å². The molecule has 2 aliphatic carbocycles. The number of thiazole rings is 1. The Kier molecular flexibility index (Phi) is 7.08. The van der Waals surface area contributed by atoms with Crippen LogP contribution in [0.5, 0.6) is 0 Å². The van der Waals surface area contributed by atoms with Gasteiger partial charge in [0.1, 0.15) is 16.4 Å². The first kappa shape index (κ1) is 24.8. The van der Waals surface area contributed by atoms with Crippen molar-refractivity contribution < 1.29 is 9.90 Å². The zero-order valence-corrected chi connectivity index (χ0v) is 21.9. The molecule has 0 spiro atoms. The standard InChI is InChI=1S/C28H35N5O2S/c1-3-28(35,21-8-6-19(7-9-21)26(29)34)27-31-16-24(36-27)23-12-17(2)13-25(33-23)32-22-14-20(18-4-5-18)10-11-30-15-22/h10-14,16,18-19,21,35H,3-9,15H2,1-2H3,(H2,29,34)(H,32,33). The Balaban J connectivity index is 1.35. The molecule has 3 heterocycles. The summed E-state index contributed by atoms with van der Waals surface area (Å²) in [5.41, 5.74) is 8.82. The Bertz CT molecular complexity index is 1220. The minimum Gasteiger partial charge on any atom is -0.382 e. The van der Waals surface area contributed by atoms with Crippen molar-refractivity contribution >= 4 is 29.3 Å². The Labute approximate surface area is 216 Å². The van der Waals surface area contributed by atoms with Crippen LogP contribution in [-0.2, 0) is 10.4 Å². The van der Waals surface area contributed by atoms with E-state index in [1.165, 1.54) is 29.8 Å². The van der Waals surface area contributed by atoms with Gasteiger partial charge >= 0.3 is 0 Å². The number of nitrogens with zero attached hydrogens (tertiary/aromatic N) is 3. The molecule has 4 N–H and O–H groups in total. The lowest BCUT2D eigenvalue weighted by molar-refractivity contribution is -0.124. The maximum absolute atomic E-state index is 11.7. The summed E-state index contributed by atoms with van der Waals surface area (Å²) in [6.45, 7) is 4.67. The quantitative estimate of drug-likeness (QED) is 0.461. The van der Waals surface area contributed by atoms with E-state index in [0.717, 1.165) is 58.3 Å². The second-order valence-electron chi connectivity index (χ2n) is 10.4. The average Bonchev–Trinajstić information content (AvgIpc) is 3.64. The number of aliphatic hydroxyl groups is 1. The fourth-order valence-corrected chi connectivity index (χ4v) is 6.53. The van der Waals surface area contributed by atoms with Crippen molar-refractivity contribution in [1.29, 1.82) is 0 Å². The maximum Gasteiger partial charge on any atom is 0.220 e. The molecule has 2 aromatic rings. The molecule has 36 heavy (non-hydrogen) atoms. The zero-order chi connectivity index (χ0) is 25.3. The SMILES string of the molecule is CCC(O)(c1ncc(-c2cc(C)cc(NC3=CC(C4CC4)=CC=NC3)n2)s1)C1CCC(C(N)=O)CC1. The molecule has 0 saturated heterocycles. The van der Waals surface area contributed by atoms with Gasteiger partial charge in [-0.05, 0) is 99.1 Å². The molecule has 7 nitrogen and oxygen atoms in total. The number of aromatic nitrogens is 2. The molecule has 8 heteroatoms. The summed E-state index contributed by atoms with van der Waals surface area (Å²) in [5.74, 6) is 1.20. The third-order valence-corrected chi connectivity index (χ3v) is 8.94. The van der Waals surface area contributed by atoms with E-state index in [1.54, 1.807) is 0 Å². The van der Waals surface area contributed by atoms with Crippen molar-refractivity contribution in [3.8, 4) is 10.6 Å². The van der Waals surface area contributed by atoms with Crippen LogP contribution in [-0.4, -0.2) is 33.7 Å². The van der Waals surface area contributed by atoms with Crippen molar-refractivity contribution in [2.45, 2.75) is 64.4 Å². The van der Waals surface area contributed by atoms with Crippen LogP contribution in [0, 0.1) is 24.7 Å². The van der Waals surface area contributed by atoms with Gasteiger partial charge in [-0.25, -0.2) is 9.97 Å². The highest BCUT2D eigenvalue weighted by atomic mass is 32.1. The highest BCUT2D eigenvalue weighted by Crippen LogP contribution is 2.45. The number of hydrogen-bond donors (Lipinski definition) is 3. The molecular formula is C28H35N5O2S. The lowest BCUT2D eigenvalue weighted by Crippen LogP contribution is -2.38. The van der Waals surface area contributed by atoms with Crippen molar-refractivity contribution in [2.75, 3.05) is 11.9 Å². The van der Waals surface area contributed by atoms with Gasteiger partial charge in [-0.1, -0.05) is 6.92 Å². The first-order valence-electron chi connectivity index (χ1n) is 13.0. The van der Waals surface area contributed by atoms with Gasteiger partial charge in [0.25, 0.3) is 0 Å². The molecule has 2 saturated carbocycles. The van der Waals surface area contributed by atoms with Crippen LogP contribution < -0.4 is 11.1 Å². The highest BCUT2D eigenvalue weighted by molar-refractivity contribution is 7.15. The molecular weight excluding hydrogens is 470 g/mol. The Morgan fingerprint density at radius 3 is 2.69 bits per heavy atom. The third kappa shape index (κ3) is 5.30. The first-order valence-corrected chi connectivity index (χ1v) is 13.8. The van der Waals surface area contributed by atoms with Crippen LogP contribution in [0.4, 0.5) is 5.82 Å². The van der Waals surface area contributed by atoms with Gasteiger partial charge in [0.05, 0.1) is 17.1 Å². The molecule has 0 bridgehead atoms. The van der Waals surface area contributed by atoms with Crippen molar-refractivity contribution in [3.63, 3.8) is 0 Å². The van der Waals surface area contributed by atoms with E-state index in [2.05, 4.69) is 40.4 Å². The second-order valence-corrected chi connectivity index (χ2v) is 11.4. The van der Waals surface area contributed by atoms with Crippen LogP contribution >= 0.6 is 11.3 Å². The number of pyridine rings is 1. The van der Waals surface area contributed by atoms with E-state index >= 15 is 0 Å². The molecule has 1 unspecified atom stereocenters. The number of anilines is 1. The summed E-state index contributed by atoms with van der Waals surface area (Å²) in [5, 5.41) is 15.9. The number of aryl methyl sites for hydroxylation is 1. The molecule has 1 amide bonds. The molecule has 0 aromatic carbocycles. The highest BCUT2D eigenvalue weighted by Gasteiger charge is 2.42. The maximum atomic E-state index is 11.7. The van der Waals surface area contributed by atoms with Gasteiger partial charge in [0.15, 0.2) is 0 Å². The smallest absolute Gasteiger partial charge is 0.220 e. The molecule has 3 aliphatic rings. The van der Waals surface area contributed by atoms with Gasteiger partial charge in [-0.2, -0.15) is 0 Å². The van der Waals surface area contributed by atoms with Gasteiger partial charge in [-0.3, -0.25) is 9.79 Å². The van der Waals surface area contributed by atoms with Crippen LogP contribution in [0.15, 0.2) is 46.7 Å². The lowest BCUT2D eigenvalue weighted by Gasteiger charge is -2.38. The van der Waals surface area contributed by atoms with E-state index in [1.807, 2.05) is 25.4 Å². The van der Waals surface area contributed by atoms with Crippen molar-refractivity contribution in [3.05, 3.63) is 52.3 Å². The molecule has 1 atom stereocenters. The van der Waals surface area contributed by atoms with Gasteiger partial charge < -0.3 is 16.2 Å². The number of carbonyl (C=O) groups is 1. The summed E-state index contributed by atoms with van der Waals surface area (Å²) in [6, 6.07) is 4.10. The second kappa shape index (κ2) is 10.3. The van der Waals surface area contributed by atoms with Crippen LogP contribution in [0.3, 0.4) is 0 Å². The fraction of sp³-hybridized carbons (Fsp3) is 0.500. The van der Waals surface area contributed by atoms with Gasteiger partial charge in [0, 0.05) is 24.0 Å². The minimum absolute atomic E-state index is 0.0660. The van der Waals surface area contributed by atoms with Gasteiger partial charge in [0.2, 0.25) is 5.91 Å². The topological polar surface area (TPSA) is 113 Å². The normalized spacial score (nSPS) is 23.9. The minimum atomic E-state index is -1.01. The molecule has 1 aliphatic heterocycles. The van der Waals surface area contributed by atoms with Crippen molar-refractivity contribution in [2.24, 2.45) is 28.5 Å². The summed E-state index contributed by atoms with van der Waals surface area (Å²) >= 11 is 1.51. The van der Waals surface area contributed by atoms with Crippen LogP contribution in [0.1, 0.15) is 62.4 Å². The number of allylic oxidation sites excluding steroid dienone is 3. The Morgan fingerprint density at radius 2 is 2.00 bits per heavy atom. The number of hydrogen-bond acceptors (Lipinski definition) is 7. The molecule has 0 radical (unpaired) electrons. The average molecular weight is 506 g/mol. The number of rotatable bonds is 8. The summed E-state index contributed by atoms with van der Waals surface area (Å²) in [7, 11) is 0. The number of amides is 1. The molecule has 2 aromatic heterocycles. The van der Waals surface area contributed by atoms with E-state index in [4.69, 9.17) is 10.7 Å². The Morgan fingerprint density at radius 1 is 1.22 bits per heavy atom. The summed E-state index contributed by atoms with van der Waals surface area (Å²) in [6.07, 6.45) is 14.2. The lowest BCUT2D eigenvalue weighted by atomic mass is 9.72. The first-order chi connectivity index (χ1) is 17.4. The van der Waals surface area contributed by atoms with Crippen molar-refractivity contribution in [1.82, 2.24) is 9.97 Å². The number of carbonyl (C=O) groups excluding carboxylic acids is 1. The van der Waals surface area contributed by atoms with E-state index in [-0.39, 0.29) is 17.7 Å². The Hall–Kier alpha value is -2.84. The summed E-state index contributed by atoms with van der Waals surface area (Å²) in [4.78, 5) is 26.6. The molecule has 5 rings (SSSR count). The third-order valence-electron chi connectivity index (χ3n) is 7.75. The number of nitrogens with two attached hydrogens (primary N) is 1. The number of nitrogens with one attached hydrogen (secondary N) is 1. The number of primary amides is 1. The van der Waals surface area contributed by atoms with Gasteiger partial charge in [-0.15, -0.1) is 11.3 Å². The van der Waals surface area contributed by atoms with Crippen LogP contribution in [0.2, 0.25) is 0 Å². The zero-order valence-electron chi connectivity index (χ0n) is 21.0. The van der Waals surface area contributed by atoms with E-state index in [9.17, 15) is 9.90 Å². The summed E-state index contributed by atoms with van der Waals surface area (Å²) < 4.78 is 0. The molecule has 190 valence electrons. The largest absolute Gasteiger partial charge is 0.382 e. The predicted octanol–water partition coefficient (Wildman–Crippen LogP) is 5.12.